The molecule has 2 unspecified atom stereocenters. The van der Waals surface area contributed by atoms with Crippen LogP contribution in [0.15, 0.2) is 103 Å². The molecule has 0 N–H and O–H groups in total. The third kappa shape index (κ3) is 3.42. The SMILES string of the molecule is CC(c1ccccc1)c1c2ccccc2c(C(C)c2ccccc2)c2c(Cl)cccc12. The van der Waals surface area contributed by atoms with Crippen LogP contribution in [-0.4, -0.2) is 0 Å². The molecule has 1 heteroatoms. The van der Waals surface area contributed by atoms with Gasteiger partial charge in [0, 0.05) is 22.2 Å². The summed E-state index contributed by atoms with van der Waals surface area (Å²) in [4.78, 5) is 0. The van der Waals surface area contributed by atoms with E-state index < -0.39 is 0 Å². The lowest BCUT2D eigenvalue weighted by Crippen LogP contribution is -2.04. The Hall–Kier alpha value is -3.09. The molecule has 0 saturated heterocycles. The molecule has 0 fully saturated rings. The Balaban J connectivity index is 1.90. The monoisotopic (exact) mass is 420 g/mol. The molecule has 5 aromatic rings. The van der Waals surface area contributed by atoms with Gasteiger partial charge in [0.1, 0.15) is 0 Å². The van der Waals surface area contributed by atoms with Gasteiger partial charge < -0.3 is 0 Å². The van der Waals surface area contributed by atoms with E-state index >= 15 is 0 Å². The van der Waals surface area contributed by atoms with E-state index in [0.717, 1.165) is 5.02 Å². The maximum absolute atomic E-state index is 6.92. The van der Waals surface area contributed by atoms with Gasteiger partial charge in [0.05, 0.1) is 0 Å². The number of hydrogen-bond donors (Lipinski definition) is 0. The number of fused-ring (bicyclic) bond motifs is 2. The summed E-state index contributed by atoms with van der Waals surface area (Å²) in [5, 5.41) is 5.85. The van der Waals surface area contributed by atoms with Crippen molar-refractivity contribution in [1.29, 1.82) is 0 Å². The summed E-state index contributed by atoms with van der Waals surface area (Å²) in [7, 11) is 0. The van der Waals surface area contributed by atoms with Gasteiger partial charge in [-0.15, -0.1) is 0 Å². The molecule has 31 heavy (non-hydrogen) atoms. The lowest BCUT2D eigenvalue weighted by molar-refractivity contribution is 0.929. The topological polar surface area (TPSA) is 0 Å². The van der Waals surface area contributed by atoms with Crippen molar-refractivity contribution in [3.05, 3.63) is 130 Å². The second-order valence-corrected chi connectivity index (χ2v) is 8.71. The maximum Gasteiger partial charge on any atom is 0.0487 e. The van der Waals surface area contributed by atoms with Crippen molar-refractivity contribution in [3.63, 3.8) is 0 Å². The van der Waals surface area contributed by atoms with E-state index in [1.165, 1.54) is 43.8 Å². The molecule has 0 aliphatic carbocycles. The van der Waals surface area contributed by atoms with Gasteiger partial charge in [-0.05, 0) is 44.5 Å². The summed E-state index contributed by atoms with van der Waals surface area (Å²) in [6, 6.07) is 36.6. The van der Waals surface area contributed by atoms with Crippen molar-refractivity contribution < 1.29 is 0 Å². The lowest BCUT2D eigenvalue weighted by Gasteiger charge is -2.25. The van der Waals surface area contributed by atoms with Gasteiger partial charge in [-0.1, -0.05) is 123 Å². The Morgan fingerprint density at radius 3 is 1.52 bits per heavy atom. The van der Waals surface area contributed by atoms with E-state index in [4.69, 9.17) is 11.6 Å². The van der Waals surface area contributed by atoms with Gasteiger partial charge >= 0.3 is 0 Å². The van der Waals surface area contributed by atoms with Gasteiger partial charge in [0.25, 0.3) is 0 Å². The first-order valence-electron chi connectivity index (χ1n) is 10.9. The number of rotatable bonds is 4. The Bertz CT molecular complexity index is 1350. The summed E-state index contributed by atoms with van der Waals surface area (Å²) >= 11 is 6.92. The highest BCUT2D eigenvalue weighted by Crippen LogP contribution is 2.45. The van der Waals surface area contributed by atoms with E-state index in [1.54, 1.807) is 0 Å². The molecule has 0 radical (unpaired) electrons. The summed E-state index contributed by atoms with van der Waals surface area (Å²) < 4.78 is 0. The molecule has 0 nitrogen and oxygen atoms in total. The number of benzene rings is 5. The molecule has 0 spiro atoms. The zero-order valence-electron chi connectivity index (χ0n) is 17.8. The predicted octanol–water partition coefficient (Wildman–Crippen LogP) is 8.95. The highest BCUT2D eigenvalue weighted by molar-refractivity contribution is 6.36. The molecule has 0 aromatic heterocycles. The van der Waals surface area contributed by atoms with Crippen LogP contribution < -0.4 is 0 Å². The maximum atomic E-state index is 6.92. The van der Waals surface area contributed by atoms with Crippen LogP contribution in [0.5, 0.6) is 0 Å². The summed E-state index contributed by atoms with van der Waals surface area (Å²) in [6.45, 7) is 4.60. The molecule has 0 bridgehead atoms. The van der Waals surface area contributed by atoms with Crippen LogP contribution in [0.4, 0.5) is 0 Å². The molecular weight excluding hydrogens is 396 g/mol. The number of hydrogen-bond acceptors (Lipinski definition) is 0. The Morgan fingerprint density at radius 1 is 0.484 bits per heavy atom. The average molecular weight is 421 g/mol. The Labute approximate surface area is 189 Å². The first kappa shape index (κ1) is 19.8. The van der Waals surface area contributed by atoms with Crippen LogP contribution in [0.3, 0.4) is 0 Å². The quantitative estimate of drug-likeness (QED) is 0.254. The molecule has 0 saturated carbocycles. The highest BCUT2D eigenvalue weighted by atomic mass is 35.5. The third-order valence-electron chi connectivity index (χ3n) is 6.55. The highest BCUT2D eigenvalue weighted by Gasteiger charge is 2.23. The smallest absolute Gasteiger partial charge is 0.0487 e. The van der Waals surface area contributed by atoms with Crippen molar-refractivity contribution >= 4 is 33.1 Å². The van der Waals surface area contributed by atoms with Crippen LogP contribution in [-0.2, 0) is 0 Å². The molecule has 2 atom stereocenters. The normalized spacial score (nSPS) is 13.4. The van der Waals surface area contributed by atoms with Crippen LogP contribution in [0.2, 0.25) is 5.02 Å². The van der Waals surface area contributed by atoms with E-state index in [9.17, 15) is 0 Å². The minimum absolute atomic E-state index is 0.231. The van der Waals surface area contributed by atoms with Crippen LogP contribution in [0.1, 0.15) is 47.9 Å². The van der Waals surface area contributed by atoms with E-state index in [2.05, 4.69) is 111 Å². The second-order valence-electron chi connectivity index (χ2n) is 8.30. The van der Waals surface area contributed by atoms with E-state index in [0.29, 0.717) is 0 Å². The zero-order chi connectivity index (χ0) is 21.4. The van der Waals surface area contributed by atoms with Crippen LogP contribution in [0.25, 0.3) is 21.5 Å². The van der Waals surface area contributed by atoms with E-state index in [1.807, 2.05) is 6.07 Å². The first-order chi connectivity index (χ1) is 15.2. The second kappa shape index (κ2) is 8.21. The van der Waals surface area contributed by atoms with Gasteiger partial charge in [-0.25, -0.2) is 0 Å². The average Bonchev–Trinajstić information content (AvgIpc) is 2.83. The largest absolute Gasteiger partial charge is 0.0837 e. The van der Waals surface area contributed by atoms with Gasteiger partial charge in [-0.2, -0.15) is 0 Å². The molecule has 152 valence electrons. The van der Waals surface area contributed by atoms with Crippen LogP contribution >= 0.6 is 11.6 Å². The minimum atomic E-state index is 0.231. The Morgan fingerprint density at radius 2 is 0.935 bits per heavy atom. The third-order valence-corrected chi connectivity index (χ3v) is 6.86. The summed E-state index contributed by atoms with van der Waals surface area (Å²) in [6.07, 6.45) is 0. The standard InChI is InChI=1S/C30H25Cl/c1-20(22-12-5-3-6-13-22)28-24-16-9-10-17-25(24)29(21(2)23-14-7-4-8-15-23)30-26(28)18-11-19-27(30)31/h3-21H,1-2H3. The van der Waals surface area contributed by atoms with E-state index in [-0.39, 0.29) is 11.8 Å². The van der Waals surface area contributed by atoms with Crippen molar-refractivity contribution in [2.75, 3.05) is 0 Å². The molecule has 5 rings (SSSR count). The fourth-order valence-electron chi connectivity index (χ4n) is 4.99. The van der Waals surface area contributed by atoms with Crippen molar-refractivity contribution in [2.24, 2.45) is 0 Å². The van der Waals surface area contributed by atoms with Gasteiger partial charge in [0.2, 0.25) is 0 Å². The van der Waals surface area contributed by atoms with Gasteiger partial charge in [-0.3, -0.25) is 0 Å². The van der Waals surface area contributed by atoms with Crippen molar-refractivity contribution in [1.82, 2.24) is 0 Å². The van der Waals surface area contributed by atoms with Crippen LogP contribution in [0, 0.1) is 0 Å². The van der Waals surface area contributed by atoms with Gasteiger partial charge in [0.15, 0.2) is 0 Å². The summed E-state index contributed by atoms with van der Waals surface area (Å²) in [5.74, 6) is 0.489. The summed E-state index contributed by atoms with van der Waals surface area (Å²) in [5.41, 5.74) is 5.28. The first-order valence-corrected chi connectivity index (χ1v) is 11.3. The molecule has 5 aromatic carbocycles. The van der Waals surface area contributed by atoms with Crippen molar-refractivity contribution in [3.8, 4) is 0 Å². The number of halogens is 1. The predicted molar refractivity (Wildman–Crippen MR) is 134 cm³/mol. The molecular formula is C30H25Cl. The fraction of sp³-hybridized carbons (Fsp3) is 0.133. The molecule has 0 amide bonds. The van der Waals surface area contributed by atoms with Crippen molar-refractivity contribution in [2.45, 2.75) is 25.7 Å². The fourth-order valence-corrected chi connectivity index (χ4v) is 5.26. The lowest BCUT2D eigenvalue weighted by atomic mass is 9.79. The zero-order valence-corrected chi connectivity index (χ0v) is 18.6. The minimum Gasteiger partial charge on any atom is -0.0837 e. The molecule has 0 aliphatic heterocycles. The molecule has 0 aliphatic rings. The molecule has 0 heterocycles. The Kier molecular flexibility index (Phi) is 5.26.